The van der Waals surface area contributed by atoms with Crippen LogP contribution in [0.3, 0.4) is 0 Å². The molecule has 0 unspecified atom stereocenters. The zero-order chi connectivity index (χ0) is 13.3. The van der Waals surface area contributed by atoms with E-state index < -0.39 is 0 Å². The molecule has 2 rings (SSSR count). The van der Waals surface area contributed by atoms with Crippen molar-refractivity contribution >= 4 is 31.9 Å². The van der Waals surface area contributed by atoms with Crippen LogP contribution in [0.2, 0.25) is 0 Å². The van der Waals surface area contributed by atoms with Crippen molar-refractivity contribution in [2.75, 3.05) is 7.05 Å². The van der Waals surface area contributed by atoms with E-state index in [0.29, 0.717) is 0 Å². The van der Waals surface area contributed by atoms with E-state index in [1.165, 1.54) is 5.56 Å². The van der Waals surface area contributed by atoms with Crippen LogP contribution in [0, 0.1) is 13.8 Å². The quantitative estimate of drug-likeness (QED) is 0.889. The van der Waals surface area contributed by atoms with Gasteiger partial charge in [0.1, 0.15) is 0 Å². The molecule has 0 radical (unpaired) electrons. The Bertz CT molecular complexity index is 576. The first-order valence-corrected chi connectivity index (χ1v) is 7.28. The molecule has 96 valence electrons. The smallest absolute Gasteiger partial charge is 0.0743 e. The summed E-state index contributed by atoms with van der Waals surface area (Å²) in [6, 6.07) is 6.25. The molecule has 2 aromatic rings. The van der Waals surface area contributed by atoms with Crippen LogP contribution in [-0.4, -0.2) is 16.8 Å². The van der Waals surface area contributed by atoms with Gasteiger partial charge in [-0.15, -0.1) is 0 Å². The Kier molecular flexibility index (Phi) is 4.25. The van der Waals surface area contributed by atoms with Crippen molar-refractivity contribution < 1.29 is 0 Å². The Balaban J connectivity index is 2.59. The first-order valence-electron chi connectivity index (χ1n) is 5.69. The SMILES string of the molecule is CNCc1cc(Br)ccc1-n1nc(C)c(Br)c1C. The van der Waals surface area contributed by atoms with Gasteiger partial charge in [-0.2, -0.15) is 5.10 Å². The predicted molar refractivity (Wildman–Crippen MR) is 81.2 cm³/mol. The van der Waals surface area contributed by atoms with Gasteiger partial charge in [-0.1, -0.05) is 15.9 Å². The molecule has 0 saturated carbocycles. The highest BCUT2D eigenvalue weighted by Gasteiger charge is 2.13. The van der Waals surface area contributed by atoms with Crippen LogP contribution < -0.4 is 5.32 Å². The summed E-state index contributed by atoms with van der Waals surface area (Å²) in [5, 5.41) is 7.77. The van der Waals surface area contributed by atoms with Crippen molar-refractivity contribution in [2.24, 2.45) is 0 Å². The second-order valence-electron chi connectivity index (χ2n) is 4.20. The van der Waals surface area contributed by atoms with Crippen molar-refractivity contribution in [3.63, 3.8) is 0 Å². The van der Waals surface area contributed by atoms with Crippen molar-refractivity contribution in [3.05, 3.63) is 44.1 Å². The molecule has 0 bridgehead atoms. The fraction of sp³-hybridized carbons (Fsp3) is 0.308. The molecule has 1 aromatic heterocycles. The molecule has 0 spiro atoms. The molecule has 0 saturated heterocycles. The van der Waals surface area contributed by atoms with Gasteiger partial charge in [-0.25, -0.2) is 4.68 Å². The van der Waals surface area contributed by atoms with Gasteiger partial charge < -0.3 is 5.32 Å². The molecule has 0 amide bonds. The number of nitrogens with zero attached hydrogens (tertiary/aromatic N) is 2. The standard InChI is InChI=1S/C13H15Br2N3/c1-8-13(15)9(2)18(17-8)12-5-4-11(14)6-10(12)7-16-3/h4-6,16H,7H2,1-3H3. The average Bonchev–Trinajstić information content (AvgIpc) is 2.58. The molecule has 1 N–H and O–H groups in total. The Morgan fingerprint density at radius 3 is 2.56 bits per heavy atom. The molecular formula is C13H15Br2N3. The molecule has 0 atom stereocenters. The molecule has 18 heavy (non-hydrogen) atoms. The Hall–Kier alpha value is -0.650. The molecule has 0 aliphatic rings. The van der Waals surface area contributed by atoms with Gasteiger partial charge in [-0.3, -0.25) is 0 Å². The molecule has 0 fully saturated rings. The maximum atomic E-state index is 4.58. The van der Waals surface area contributed by atoms with Crippen LogP contribution in [0.25, 0.3) is 5.69 Å². The van der Waals surface area contributed by atoms with E-state index in [1.807, 2.05) is 24.7 Å². The second kappa shape index (κ2) is 5.55. The molecule has 0 aliphatic heterocycles. The normalized spacial score (nSPS) is 10.9. The number of aryl methyl sites for hydroxylation is 1. The number of aromatic nitrogens is 2. The highest BCUT2D eigenvalue weighted by Crippen LogP contribution is 2.26. The van der Waals surface area contributed by atoms with Crippen LogP contribution >= 0.6 is 31.9 Å². The van der Waals surface area contributed by atoms with Crippen LogP contribution in [-0.2, 0) is 6.54 Å². The van der Waals surface area contributed by atoms with E-state index in [4.69, 9.17) is 0 Å². The fourth-order valence-corrected chi connectivity index (χ4v) is 2.61. The number of hydrogen-bond donors (Lipinski definition) is 1. The highest BCUT2D eigenvalue weighted by molar-refractivity contribution is 9.10. The van der Waals surface area contributed by atoms with Gasteiger partial charge in [0, 0.05) is 11.0 Å². The van der Waals surface area contributed by atoms with Crippen LogP contribution in [0.4, 0.5) is 0 Å². The monoisotopic (exact) mass is 371 g/mol. The molecule has 1 heterocycles. The fourth-order valence-electron chi connectivity index (χ4n) is 1.95. The summed E-state index contributed by atoms with van der Waals surface area (Å²) in [6.45, 7) is 4.88. The van der Waals surface area contributed by atoms with Gasteiger partial charge in [0.2, 0.25) is 0 Å². The van der Waals surface area contributed by atoms with Gasteiger partial charge in [-0.05, 0) is 60.6 Å². The maximum Gasteiger partial charge on any atom is 0.0743 e. The minimum atomic E-state index is 0.810. The van der Waals surface area contributed by atoms with Gasteiger partial charge in [0.15, 0.2) is 0 Å². The minimum Gasteiger partial charge on any atom is -0.316 e. The summed E-state index contributed by atoms with van der Waals surface area (Å²) >= 11 is 7.08. The van der Waals surface area contributed by atoms with E-state index in [9.17, 15) is 0 Å². The summed E-state index contributed by atoms with van der Waals surface area (Å²) < 4.78 is 4.14. The number of halogens is 2. The van der Waals surface area contributed by atoms with Crippen LogP contribution in [0.5, 0.6) is 0 Å². The first-order chi connectivity index (χ1) is 8.54. The number of benzene rings is 1. The summed E-state index contributed by atoms with van der Waals surface area (Å²) in [6.07, 6.45) is 0. The topological polar surface area (TPSA) is 29.9 Å². The average molecular weight is 373 g/mol. The zero-order valence-electron chi connectivity index (χ0n) is 10.6. The number of rotatable bonds is 3. The van der Waals surface area contributed by atoms with E-state index in [-0.39, 0.29) is 0 Å². The third kappa shape index (κ3) is 2.53. The molecule has 5 heteroatoms. The lowest BCUT2D eigenvalue weighted by Crippen LogP contribution is -2.10. The van der Waals surface area contributed by atoms with Crippen molar-refractivity contribution in [2.45, 2.75) is 20.4 Å². The highest BCUT2D eigenvalue weighted by atomic mass is 79.9. The summed E-state index contributed by atoms with van der Waals surface area (Å²) in [5.41, 5.74) is 4.45. The maximum absolute atomic E-state index is 4.58. The molecule has 1 aromatic carbocycles. The van der Waals surface area contributed by atoms with E-state index in [0.717, 1.165) is 32.6 Å². The van der Waals surface area contributed by atoms with E-state index >= 15 is 0 Å². The lowest BCUT2D eigenvalue weighted by atomic mass is 10.1. The summed E-state index contributed by atoms with van der Waals surface area (Å²) in [5.74, 6) is 0. The number of nitrogens with one attached hydrogen (secondary N) is 1. The Labute approximate surface area is 124 Å². The van der Waals surface area contributed by atoms with E-state index in [2.05, 4.69) is 61.3 Å². The second-order valence-corrected chi connectivity index (χ2v) is 5.91. The zero-order valence-corrected chi connectivity index (χ0v) is 13.8. The van der Waals surface area contributed by atoms with Crippen LogP contribution in [0.15, 0.2) is 27.1 Å². The van der Waals surface area contributed by atoms with Gasteiger partial charge >= 0.3 is 0 Å². The number of hydrogen-bond acceptors (Lipinski definition) is 2. The predicted octanol–water partition coefficient (Wildman–Crippen LogP) is 3.73. The van der Waals surface area contributed by atoms with Crippen molar-refractivity contribution in [1.29, 1.82) is 0 Å². The van der Waals surface area contributed by atoms with Gasteiger partial charge in [0.05, 0.1) is 21.5 Å². The van der Waals surface area contributed by atoms with Crippen molar-refractivity contribution in [3.8, 4) is 5.69 Å². The lowest BCUT2D eigenvalue weighted by molar-refractivity contribution is 0.774. The largest absolute Gasteiger partial charge is 0.316 e. The Morgan fingerprint density at radius 1 is 1.28 bits per heavy atom. The van der Waals surface area contributed by atoms with Crippen LogP contribution in [0.1, 0.15) is 17.0 Å². The lowest BCUT2D eigenvalue weighted by Gasteiger charge is -2.11. The van der Waals surface area contributed by atoms with Gasteiger partial charge in [0.25, 0.3) is 0 Å². The summed E-state index contributed by atoms with van der Waals surface area (Å²) in [4.78, 5) is 0. The third-order valence-corrected chi connectivity index (χ3v) is 4.48. The Morgan fingerprint density at radius 2 is 2.00 bits per heavy atom. The molecule has 3 nitrogen and oxygen atoms in total. The van der Waals surface area contributed by atoms with E-state index in [1.54, 1.807) is 0 Å². The van der Waals surface area contributed by atoms with Crippen molar-refractivity contribution in [1.82, 2.24) is 15.1 Å². The first kappa shape index (κ1) is 13.8. The summed E-state index contributed by atoms with van der Waals surface area (Å²) in [7, 11) is 1.95. The molecule has 0 aliphatic carbocycles. The minimum absolute atomic E-state index is 0.810. The molecular weight excluding hydrogens is 358 g/mol. The third-order valence-electron chi connectivity index (χ3n) is 2.84.